The molecule has 0 bridgehead atoms. The molecule has 0 saturated carbocycles. The molecule has 1 rings (SSSR count). The summed E-state index contributed by atoms with van der Waals surface area (Å²) < 4.78 is 5.32. The predicted octanol–water partition coefficient (Wildman–Crippen LogP) is 0.0969. The molecule has 1 N–H and O–H groups in total. The fourth-order valence-corrected chi connectivity index (χ4v) is 1.40. The van der Waals surface area contributed by atoms with Crippen molar-refractivity contribution in [1.29, 1.82) is 0 Å². The topological polar surface area (TPSA) is 66.8 Å². The Morgan fingerprint density at radius 3 is 2.79 bits per heavy atom. The van der Waals surface area contributed by atoms with Crippen LogP contribution in [0.3, 0.4) is 0 Å². The summed E-state index contributed by atoms with van der Waals surface area (Å²) in [6.45, 7) is 5.20. The molecule has 1 aliphatic rings. The van der Waals surface area contributed by atoms with Crippen molar-refractivity contribution < 1.29 is 19.4 Å². The van der Waals surface area contributed by atoms with Gasteiger partial charge in [-0.05, 0) is 20.8 Å². The molecule has 0 spiro atoms. The number of amides is 1. The van der Waals surface area contributed by atoms with Crippen LogP contribution in [0.5, 0.6) is 0 Å². The number of morpholine rings is 1. The zero-order valence-electron chi connectivity index (χ0n) is 8.61. The summed E-state index contributed by atoms with van der Waals surface area (Å²) >= 11 is 0. The number of carboxylic acid groups (broad SMARTS) is 1. The number of hydrogen-bond acceptors (Lipinski definition) is 3. The van der Waals surface area contributed by atoms with Gasteiger partial charge in [-0.25, -0.2) is 0 Å². The molecule has 1 heterocycles. The minimum Gasteiger partial charge on any atom is -0.480 e. The van der Waals surface area contributed by atoms with Gasteiger partial charge in [0, 0.05) is 0 Å². The lowest BCUT2D eigenvalue weighted by atomic mass is 10.0. The van der Waals surface area contributed by atoms with Gasteiger partial charge in [-0.1, -0.05) is 0 Å². The molecular formula is C9H15NO4. The first kappa shape index (κ1) is 11.0. The van der Waals surface area contributed by atoms with Crippen LogP contribution >= 0.6 is 0 Å². The molecule has 1 saturated heterocycles. The molecule has 0 aliphatic carbocycles. The standard InChI is InChI=1S/C9H15NO4/c1-6-5-14-9(2,3)8(13)10(6)4-7(11)12/h6H,4-5H2,1-3H3,(H,11,12)/t6-/m1/s1. The fourth-order valence-electron chi connectivity index (χ4n) is 1.40. The number of hydrogen-bond donors (Lipinski definition) is 1. The van der Waals surface area contributed by atoms with Crippen LogP contribution in [0.25, 0.3) is 0 Å². The third kappa shape index (κ3) is 2.04. The molecule has 1 atom stereocenters. The summed E-state index contributed by atoms with van der Waals surface area (Å²) in [5, 5.41) is 8.64. The van der Waals surface area contributed by atoms with Crippen LogP contribution in [0.2, 0.25) is 0 Å². The van der Waals surface area contributed by atoms with Crippen LogP contribution < -0.4 is 0 Å². The highest BCUT2D eigenvalue weighted by Crippen LogP contribution is 2.21. The minimum absolute atomic E-state index is 0.174. The zero-order valence-corrected chi connectivity index (χ0v) is 8.61. The van der Waals surface area contributed by atoms with E-state index < -0.39 is 11.6 Å². The summed E-state index contributed by atoms with van der Waals surface area (Å²) in [6.07, 6.45) is 0. The van der Waals surface area contributed by atoms with E-state index in [0.29, 0.717) is 6.61 Å². The van der Waals surface area contributed by atoms with Gasteiger partial charge in [0.1, 0.15) is 12.1 Å². The van der Waals surface area contributed by atoms with Crippen molar-refractivity contribution in [3.8, 4) is 0 Å². The van der Waals surface area contributed by atoms with E-state index in [9.17, 15) is 9.59 Å². The Kier molecular flexibility index (Phi) is 2.80. The molecule has 0 aromatic rings. The minimum atomic E-state index is -0.997. The van der Waals surface area contributed by atoms with Crippen LogP contribution in [-0.4, -0.2) is 46.7 Å². The van der Waals surface area contributed by atoms with Gasteiger partial charge >= 0.3 is 5.97 Å². The molecule has 0 unspecified atom stereocenters. The Balaban J connectivity index is 2.79. The van der Waals surface area contributed by atoms with Crippen molar-refractivity contribution in [2.45, 2.75) is 32.4 Å². The third-order valence-corrected chi connectivity index (χ3v) is 2.30. The smallest absolute Gasteiger partial charge is 0.323 e. The predicted molar refractivity (Wildman–Crippen MR) is 48.8 cm³/mol. The Morgan fingerprint density at radius 2 is 2.29 bits per heavy atom. The van der Waals surface area contributed by atoms with Gasteiger partial charge in [0.25, 0.3) is 5.91 Å². The number of rotatable bonds is 2. The first-order chi connectivity index (χ1) is 6.34. The Morgan fingerprint density at radius 1 is 1.71 bits per heavy atom. The van der Waals surface area contributed by atoms with Gasteiger partial charge in [-0.15, -0.1) is 0 Å². The largest absolute Gasteiger partial charge is 0.480 e. The summed E-state index contributed by atoms with van der Waals surface area (Å²) in [6, 6.07) is -0.174. The highest BCUT2D eigenvalue weighted by atomic mass is 16.5. The van der Waals surface area contributed by atoms with E-state index in [4.69, 9.17) is 9.84 Å². The Bertz CT molecular complexity index is 262. The van der Waals surface area contributed by atoms with Gasteiger partial charge in [0.2, 0.25) is 0 Å². The maximum Gasteiger partial charge on any atom is 0.323 e. The summed E-state index contributed by atoms with van der Waals surface area (Å²) in [4.78, 5) is 23.6. The van der Waals surface area contributed by atoms with E-state index in [-0.39, 0.29) is 18.5 Å². The van der Waals surface area contributed by atoms with Crippen molar-refractivity contribution in [2.24, 2.45) is 0 Å². The Labute approximate surface area is 82.6 Å². The van der Waals surface area contributed by atoms with Crippen molar-refractivity contribution >= 4 is 11.9 Å². The van der Waals surface area contributed by atoms with Gasteiger partial charge < -0.3 is 14.7 Å². The van der Waals surface area contributed by atoms with Crippen LogP contribution in [0.4, 0.5) is 0 Å². The molecule has 0 aromatic carbocycles. The summed E-state index contributed by atoms with van der Waals surface area (Å²) in [5.74, 6) is -1.26. The Hall–Kier alpha value is -1.10. The van der Waals surface area contributed by atoms with Gasteiger partial charge in [0.15, 0.2) is 0 Å². The molecule has 1 aliphatic heterocycles. The van der Waals surface area contributed by atoms with Crippen molar-refractivity contribution in [3.05, 3.63) is 0 Å². The molecule has 5 heteroatoms. The number of carbonyl (C=O) groups is 2. The monoisotopic (exact) mass is 201 g/mol. The van der Waals surface area contributed by atoms with Crippen molar-refractivity contribution in [3.63, 3.8) is 0 Å². The number of ether oxygens (including phenoxy) is 1. The lowest BCUT2D eigenvalue weighted by Gasteiger charge is -2.40. The average Bonchev–Trinajstić information content (AvgIpc) is 2.06. The SMILES string of the molecule is C[C@@H]1COC(C)(C)C(=O)N1CC(=O)O. The lowest BCUT2D eigenvalue weighted by Crippen LogP contribution is -2.58. The van der Waals surface area contributed by atoms with E-state index in [1.54, 1.807) is 20.8 Å². The van der Waals surface area contributed by atoms with Crippen LogP contribution in [0.15, 0.2) is 0 Å². The quantitative estimate of drug-likeness (QED) is 0.688. The first-order valence-corrected chi connectivity index (χ1v) is 4.51. The molecule has 0 radical (unpaired) electrons. The second-order valence-corrected chi connectivity index (χ2v) is 4.00. The highest BCUT2D eigenvalue weighted by Gasteiger charge is 2.40. The van der Waals surface area contributed by atoms with E-state index >= 15 is 0 Å². The summed E-state index contributed by atoms with van der Waals surface area (Å²) in [5.41, 5.74) is -0.901. The van der Waals surface area contributed by atoms with Crippen LogP contribution in [0, 0.1) is 0 Å². The second kappa shape index (κ2) is 3.57. The van der Waals surface area contributed by atoms with Crippen molar-refractivity contribution in [2.75, 3.05) is 13.2 Å². The van der Waals surface area contributed by atoms with Crippen LogP contribution in [-0.2, 0) is 14.3 Å². The number of carbonyl (C=O) groups excluding carboxylic acids is 1. The maximum atomic E-state index is 11.7. The fraction of sp³-hybridized carbons (Fsp3) is 0.778. The van der Waals surface area contributed by atoms with E-state index in [1.807, 2.05) is 0 Å². The maximum absolute atomic E-state index is 11.7. The molecule has 1 fully saturated rings. The number of aliphatic carboxylic acids is 1. The number of carboxylic acids is 1. The van der Waals surface area contributed by atoms with Gasteiger partial charge in [0.05, 0.1) is 12.6 Å². The molecule has 1 amide bonds. The van der Waals surface area contributed by atoms with Gasteiger partial charge in [-0.3, -0.25) is 9.59 Å². The van der Waals surface area contributed by atoms with Gasteiger partial charge in [-0.2, -0.15) is 0 Å². The average molecular weight is 201 g/mol. The lowest BCUT2D eigenvalue weighted by molar-refractivity contribution is -0.175. The van der Waals surface area contributed by atoms with E-state index in [2.05, 4.69) is 0 Å². The van der Waals surface area contributed by atoms with E-state index in [0.717, 1.165) is 0 Å². The molecule has 14 heavy (non-hydrogen) atoms. The molecule has 0 aromatic heterocycles. The first-order valence-electron chi connectivity index (χ1n) is 4.51. The molecule has 80 valence electrons. The third-order valence-electron chi connectivity index (χ3n) is 2.30. The molecular weight excluding hydrogens is 186 g/mol. The highest BCUT2D eigenvalue weighted by molar-refractivity contribution is 5.88. The number of nitrogens with zero attached hydrogens (tertiary/aromatic N) is 1. The zero-order chi connectivity index (χ0) is 10.9. The van der Waals surface area contributed by atoms with E-state index in [1.165, 1.54) is 4.90 Å². The normalized spacial score (nSPS) is 26.4. The van der Waals surface area contributed by atoms with Crippen molar-refractivity contribution in [1.82, 2.24) is 4.90 Å². The molecule has 5 nitrogen and oxygen atoms in total. The second-order valence-electron chi connectivity index (χ2n) is 4.00. The summed E-state index contributed by atoms with van der Waals surface area (Å²) in [7, 11) is 0. The van der Waals surface area contributed by atoms with Crippen LogP contribution in [0.1, 0.15) is 20.8 Å².